The number of carbonyl (C=O) groups is 2. The minimum atomic E-state index is -0.589. The molecule has 1 saturated heterocycles. The van der Waals surface area contributed by atoms with E-state index in [1.165, 1.54) is 11.3 Å². The van der Waals surface area contributed by atoms with E-state index in [1.54, 1.807) is 16.5 Å². The molecule has 1 aliphatic rings. The minimum absolute atomic E-state index is 0.452. The van der Waals surface area contributed by atoms with Crippen molar-refractivity contribution in [3.63, 3.8) is 0 Å². The summed E-state index contributed by atoms with van der Waals surface area (Å²) in [6.07, 6.45) is 3.68. The van der Waals surface area contributed by atoms with E-state index in [1.807, 2.05) is 0 Å². The SMILES string of the molecule is CC1CCCN(C(=O)C(=O)Nc2nccs2)C1. The molecule has 1 atom stereocenters. The van der Waals surface area contributed by atoms with Crippen LogP contribution in [0.5, 0.6) is 0 Å². The fourth-order valence-corrected chi connectivity index (χ4v) is 2.48. The van der Waals surface area contributed by atoms with Crippen LogP contribution in [0.15, 0.2) is 11.6 Å². The molecule has 0 radical (unpaired) electrons. The maximum atomic E-state index is 11.9. The molecule has 0 saturated carbocycles. The second-order valence-corrected chi connectivity index (χ2v) is 5.18. The van der Waals surface area contributed by atoms with Gasteiger partial charge in [0.05, 0.1) is 0 Å². The lowest BCUT2D eigenvalue weighted by molar-refractivity contribution is -0.144. The van der Waals surface area contributed by atoms with Gasteiger partial charge in [0.25, 0.3) is 0 Å². The summed E-state index contributed by atoms with van der Waals surface area (Å²) in [6, 6.07) is 0. The molecule has 1 aromatic heterocycles. The number of anilines is 1. The van der Waals surface area contributed by atoms with E-state index in [9.17, 15) is 9.59 Å². The van der Waals surface area contributed by atoms with Gasteiger partial charge < -0.3 is 4.90 Å². The number of thiazole rings is 1. The zero-order valence-electron chi connectivity index (χ0n) is 9.68. The number of hydrogen-bond donors (Lipinski definition) is 1. The molecular weight excluding hydrogens is 238 g/mol. The summed E-state index contributed by atoms with van der Waals surface area (Å²) in [6.45, 7) is 3.44. The first-order valence-electron chi connectivity index (χ1n) is 5.66. The van der Waals surface area contributed by atoms with Gasteiger partial charge in [0.15, 0.2) is 5.13 Å². The summed E-state index contributed by atoms with van der Waals surface area (Å²) < 4.78 is 0. The van der Waals surface area contributed by atoms with Crippen molar-refractivity contribution < 1.29 is 9.59 Å². The van der Waals surface area contributed by atoms with E-state index >= 15 is 0 Å². The number of piperidine rings is 1. The largest absolute Gasteiger partial charge is 0.334 e. The van der Waals surface area contributed by atoms with Gasteiger partial charge in [0, 0.05) is 24.7 Å². The Morgan fingerprint density at radius 3 is 3.06 bits per heavy atom. The van der Waals surface area contributed by atoms with E-state index in [-0.39, 0.29) is 0 Å². The Morgan fingerprint density at radius 1 is 1.59 bits per heavy atom. The fraction of sp³-hybridized carbons (Fsp3) is 0.545. The third-order valence-corrected chi connectivity index (χ3v) is 3.48. The molecule has 6 heteroatoms. The topological polar surface area (TPSA) is 62.3 Å². The van der Waals surface area contributed by atoms with Gasteiger partial charge in [-0.2, -0.15) is 0 Å². The number of likely N-dealkylation sites (tertiary alicyclic amines) is 1. The second-order valence-electron chi connectivity index (χ2n) is 4.29. The van der Waals surface area contributed by atoms with E-state index in [2.05, 4.69) is 17.2 Å². The Morgan fingerprint density at radius 2 is 2.41 bits per heavy atom. The van der Waals surface area contributed by atoms with Gasteiger partial charge >= 0.3 is 11.8 Å². The second kappa shape index (κ2) is 5.27. The predicted octanol–water partition coefficient (Wildman–Crippen LogP) is 1.34. The van der Waals surface area contributed by atoms with Crippen molar-refractivity contribution in [2.24, 2.45) is 5.92 Å². The molecular formula is C11H15N3O2S. The highest BCUT2D eigenvalue weighted by atomic mass is 32.1. The fourth-order valence-electron chi connectivity index (χ4n) is 1.95. The van der Waals surface area contributed by atoms with Crippen LogP contribution in [0.3, 0.4) is 0 Å². The monoisotopic (exact) mass is 253 g/mol. The molecule has 1 fully saturated rings. The summed E-state index contributed by atoms with van der Waals surface area (Å²) >= 11 is 1.30. The van der Waals surface area contributed by atoms with E-state index < -0.39 is 11.8 Å². The molecule has 2 rings (SSSR count). The molecule has 2 heterocycles. The van der Waals surface area contributed by atoms with Crippen LogP contribution in [-0.4, -0.2) is 34.8 Å². The number of nitrogens with zero attached hydrogens (tertiary/aromatic N) is 2. The van der Waals surface area contributed by atoms with Gasteiger partial charge in [0.1, 0.15) is 0 Å². The van der Waals surface area contributed by atoms with Crippen LogP contribution in [0.4, 0.5) is 5.13 Å². The first kappa shape index (κ1) is 12.0. The van der Waals surface area contributed by atoms with Gasteiger partial charge in [-0.3, -0.25) is 14.9 Å². The number of rotatable bonds is 1. The third-order valence-electron chi connectivity index (χ3n) is 2.79. The lowest BCUT2D eigenvalue weighted by atomic mass is 10.0. The lowest BCUT2D eigenvalue weighted by Gasteiger charge is -2.30. The molecule has 1 aromatic rings. The highest BCUT2D eigenvalue weighted by molar-refractivity contribution is 7.13. The third kappa shape index (κ3) is 3.03. The summed E-state index contributed by atoms with van der Waals surface area (Å²) in [4.78, 5) is 29.1. The van der Waals surface area contributed by atoms with E-state index in [0.717, 1.165) is 12.8 Å². The Kier molecular flexibility index (Phi) is 3.73. The van der Waals surface area contributed by atoms with Crippen LogP contribution < -0.4 is 5.32 Å². The van der Waals surface area contributed by atoms with Gasteiger partial charge in [-0.05, 0) is 18.8 Å². The number of nitrogens with one attached hydrogen (secondary N) is 1. The maximum absolute atomic E-state index is 11.9. The van der Waals surface area contributed by atoms with E-state index in [0.29, 0.717) is 24.1 Å². The maximum Gasteiger partial charge on any atom is 0.315 e. The summed E-state index contributed by atoms with van der Waals surface area (Å²) in [5.41, 5.74) is 0. The first-order valence-corrected chi connectivity index (χ1v) is 6.54. The van der Waals surface area contributed by atoms with E-state index in [4.69, 9.17) is 0 Å². The van der Waals surface area contributed by atoms with Crippen LogP contribution in [0.2, 0.25) is 0 Å². The molecule has 2 amide bonds. The average molecular weight is 253 g/mol. The Labute approximate surface area is 104 Å². The first-order chi connectivity index (χ1) is 8.16. The number of carbonyl (C=O) groups excluding carboxylic acids is 2. The smallest absolute Gasteiger partial charge is 0.315 e. The van der Waals surface area contributed by atoms with Gasteiger partial charge in [-0.15, -0.1) is 11.3 Å². The van der Waals surface area contributed by atoms with Crippen molar-refractivity contribution in [2.45, 2.75) is 19.8 Å². The summed E-state index contributed by atoms with van der Waals surface area (Å²) in [5.74, 6) is -0.568. The molecule has 1 N–H and O–H groups in total. The van der Waals surface area contributed by atoms with Crippen molar-refractivity contribution in [3.05, 3.63) is 11.6 Å². The minimum Gasteiger partial charge on any atom is -0.334 e. The summed E-state index contributed by atoms with van der Waals surface area (Å²) in [7, 11) is 0. The van der Waals surface area contributed by atoms with Crippen molar-refractivity contribution in [1.29, 1.82) is 0 Å². The standard InChI is InChI=1S/C11H15N3O2S/c1-8-3-2-5-14(7-8)10(16)9(15)13-11-12-4-6-17-11/h4,6,8H,2-3,5,7H2,1H3,(H,12,13,15). The van der Waals surface area contributed by atoms with Crippen molar-refractivity contribution in [2.75, 3.05) is 18.4 Å². The Hall–Kier alpha value is -1.43. The van der Waals surface area contributed by atoms with Crippen molar-refractivity contribution >= 4 is 28.3 Å². The zero-order chi connectivity index (χ0) is 12.3. The molecule has 0 spiro atoms. The van der Waals surface area contributed by atoms with Crippen molar-refractivity contribution in [1.82, 2.24) is 9.88 Å². The van der Waals surface area contributed by atoms with Crippen LogP contribution in [0.1, 0.15) is 19.8 Å². The molecule has 17 heavy (non-hydrogen) atoms. The predicted molar refractivity (Wildman–Crippen MR) is 65.7 cm³/mol. The number of amides is 2. The van der Waals surface area contributed by atoms with Crippen molar-refractivity contribution in [3.8, 4) is 0 Å². The van der Waals surface area contributed by atoms with Gasteiger partial charge in [-0.25, -0.2) is 4.98 Å². The Balaban J connectivity index is 1.92. The van der Waals surface area contributed by atoms with Crippen LogP contribution in [0, 0.1) is 5.92 Å². The Bertz CT molecular complexity index is 405. The lowest BCUT2D eigenvalue weighted by Crippen LogP contribution is -2.44. The van der Waals surface area contributed by atoms with Gasteiger partial charge in [-0.1, -0.05) is 6.92 Å². The van der Waals surface area contributed by atoms with Crippen LogP contribution >= 0.6 is 11.3 Å². The quantitative estimate of drug-likeness (QED) is 0.768. The highest BCUT2D eigenvalue weighted by Crippen LogP contribution is 2.16. The zero-order valence-corrected chi connectivity index (χ0v) is 10.5. The van der Waals surface area contributed by atoms with Crippen LogP contribution in [-0.2, 0) is 9.59 Å². The molecule has 0 aromatic carbocycles. The molecule has 1 unspecified atom stereocenters. The molecule has 1 aliphatic heterocycles. The van der Waals surface area contributed by atoms with Gasteiger partial charge in [0.2, 0.25) is 0 Å². The normalized spacial score (nSPS) is 20.1. The number of aromatic nitrogens is 1. The van der Waals surface area contributed by atoms with Crippen LogP contribution in [0.25, 0.3) is 0 Å². The molecule has 0 aliphatic carbocycles. The number of hydrogen-bond acceptors (Lipinski definition) is 4. The summed E-state index contributed by atoms with van der Waals surface area (Å²) in [5, 5.41) is 4.73. The molecule has 5 nitrogen and oxygen atoms in total. The highest BCUT2D eigenvalue weighted by Gasteiger charge is 2.26. The average Bonchev–Trinajstić information content (AvgIpc) is 2.80. The molecule has 0 bridgehead atoms. The molecule has 92 valence electrons.